The van der Waals surface area contributed by atoms with Crippen LogP contribution in [0.3, 0.4) is 0 Å². The van der Waals surface area contributed by atoms with Crippen molar-refractivity contribution in [3.05, 3.63) is 88.5 Å². The second-order valence-electron chi connectivity index (χ2n) is 7.57. The highest BCUT2D eigenvalue weighted by Gasteiger charge is 2.16. The van der Waals surface area contributed by atoms with Gasteiger partial charge in [0, 0.05) is 11.6 Å². The molecule has 6 rings (SSSR count). The molecule has 0 bridgehead atoms. The fourth-order valence-electron chi connectivity index (χ4n) is 3.87. The van der Waals surface area contributed by atoms with Gasteiger partial charge in [0.2, 0.25) is 0 Å². The maximum Gasteiger partial charge on any atom is 0.259 e. The Morgan fingerprint density at radius 2 is 1.94 bits per heavy atom. The first-order chi connectivity index (χ1) is 16.2. The molecule has 0 atom stereocenters. The summed E-state index contributed by atoms with van der Waals surface area (Å²) in [5.74, 6) is 0. The van der Waals surface area contributed by atoms with Gasteiger partial charge >= 0.3 is 0 Å². The third-order valence-corrected chi connectivity index (χ3v) is 5.54. The van der Waals surface area contributed by atoms with Crippen molar-refractivity contribution >= 4 is 22.1 Å². The molecule has 0 aliphatic heterocycles. The molecule has 0 saturated carbocycles. The third-order valence-electron chi connectivity index (χ3n) is 5.54. The maximum absolute atomic E-state index is 12.9. The number of fused-ring (bicyclic) bond motifs is 2. The molecule has 0 aliphatic carbocycles. The molecule has 0 aliphatic rings. The number of hydrogen-bond acceptors (Lipinski definition) is 6. The van der Waals surface area contributed by atoms with Crippen LogP contribution in [0, 0.1) is 11.3 Å². The minimum Gasteiger partial charge on any atom is -0.303 e. The largest absolute Gasteiger partial charge is 0.303 e. The molecule has 10 nitrogen and oxygen atoms in total. The quantitative estimate of drug-likeness (QED) is 0.439. The Morgan fingerprint density at radius 1 is 1.06 bits per heavy atom. The Balaban J connectivity index is 1.44. The van der Waals surface area contributed by atoms with E-state index in [9.17, 15) is 4.79 Å². The summed E-state index contributed by atoms with van der Waals surface area (Å²) in [6.07, 6.45) is 3.41. The van der Waals surface area contributed by atoms with Gasteiger partial charge in [0.1, 0.15) is 5.52 Å². The highest BCUT2D eigenvalue weighted by atomic mass is 16.1. The van der Waals surface area contributed by atoms with Crippen molar-refractivity contribution in [1.82, 2.24) is 40.0 Å². The van der Waals surface area contributed by atoms with Gasteiger partial charge in [0.15, 0.2) is 5.65 Å². The first-order valence-electron chi connectivity index (χ1n) is 10.1. The predicted octanol–water partition coefficient (Wildman–Crippen LogP) is 2.77. The zero-order valence-corrected chi connectivity index (χ0v) is 17.1. The summed E-state index contributed by atoms with van der Waals surface area (Å²) in [6, 6.07) is 18.8. The molecule has 158 valence electrons. The van der Waals surface area contributed by atoms with E-state index in [1.807, 2.05) is 30.3 Å². The standard InChI is InChI=1S/C23H15N9O/c24-11-14-1-3-15(4-2-14)13-31-20(7-8-26-31)18-10-21-22(27-23(18)33)29-30-32(21)17-6-5-16-12-25-28-19(16)9-17/h1-10,12H,13H2,(H,25,28)(H,27,33). The molecule has 0 spiro atoms. The fourth-order valence-corrected chi connectivity index (χ4v) is 3.87. The van der Waals surface area contributed by atoms with E-state index >= 15 is 0 Å². The second-order valence-corrected chi connectivity index (χ2v) is 7.57. The van der Waals surface area contributed by atoms with Gasteiger partial charge in [0.05, 0.1) is 46.8 Å². The first kappa shape index (κ1) is 18.7. The number of benzene rings is 2. The lowest BCUT2D eigenvalue weighted by atomic mass is 10.1. The molecule has 33 heavy (non-hydrogen) atoms. The molecule has 10 heteroatoms. The number of H-pyrrole nitrogens is 2. The van der Waals surface area contributed by atoms with Crippen LogP contribution in [-0.2, 0) is 6.54 Å². The molecular weight excluding hydrogens is 418 g/mol. The monoisotopic (exact) mass is 433 g/mol. The van der Waals surface area contributed by atoms with Crippen molar-refractivity contribution in [1.29, 1.82) is 5.26 Å². The lowest BCUT2D eigenvalue weighted by Crippen LogP contribution is -2.13. The summed E-state index contributed by atoms with van der Waals surface area (Å²) < 4.78 is 3.43. The zero-order valence-electron chi connectivity index (χ0n) is 17.1. The third kappa shape index (κ3) is 3.16. The van der Waals surface area contributed by atoms with Crippen molar-refractivity contribution < 1.29 is 0 Å². The smallest absolute Gasteiger partial charge is 0.259 e. The molecule has 0 radical (unpaired) electrons. The number of nitrogens with zero attached hydrogens (tertiary/aromatic N) is 7. The Hall–Kier alpha value is -5.04. The van der Waals surface area contributed by atoms with Gasteiger partial charge in [-0.1, -0.05) is 17.3 Å². The van der Waals surface area contributed by atoms with E-state index in [0.717, 1.165) is 22.2 Å². The van der Waals surface area contributed by atoms with Crippen LogP contribution in [-0.4, -0.2) is 40.0 Å². The molecule has 0 fully saturated rings. The van der Waals surface area contributed by atoms with Crippen molar-refractivity contribution in [2.45, 2.75) is 6.54 Å². The summed E-state index contributed by atoms with van der Waals surface area (Å²) >= 11 is 0. The van der Waals surface area contributed by atoms with Gasteiger partial charge in [-0.05, 0) is 48.0 Å². The molecule has 6 aromatic rings. The predicted molar refractivity (Wildman–Crippen MR) is 121 cm³/mol. The summed E-state index contributed by atoms with van der Waals surface area (Å²) in [6.45, 7) is 0.458. The van der Waals surface area contributed by atoms with Crippen LogP contribution in [0.15, 0.2) is 71.8 Å². The normalized spacial score (nSPS) is 11.2. The Bertz CT molecular complexity index is 1730. The van der Waals surface area contributed by atoms with Gasteiger partial charge in [-0.25, -0.2) is 4.68 Å². The summed E-state index contributed by atoms with van der Waals surface area (Å²) in [5.41, 5.74) is 5.13. The number of aromatic amines is 2. The lowest BCUT2D eigenvalue weighted by Gasteiger charge is -2.08. The van der Waals surface area contributed by atoms with E-state index < -0.39 is 0 Å². The minimum absolute atomic E-state index is 0.278. The minimum atomic E-state index is -0.278. The van der Waals surface area contributed by atoms with Crippen molar-refractivity contribution in [2.24, 2.45) is 0 Å². The molecule has 4 heterocycles. The van der Waals surface area contributed by atoms with Crippen LogP contribution >= 0.6 is 0 Å². The van der Waals surface area contributed by atoms with Crippen molar-refractivity contribution in [3.63, 3.8) is 0 Å². The maximum atomic E-state index is 12.9. The molecule has 4 aromatic heterocycles. The first-order valence-corrected chi connectivity index (χ1v) is 10.1. The summed E-state index contributed by atoms with van der Waals surface area (Å²) in [4.78, 5) is 15.7. The van der Waals surface area contributed by atoms with E-state index in [1.165, 1.54) is 0 Å². The van der Waals surface area contributed by atoms with Crippen molar-refractivity contribution in [3.8, 4) is 23.0 Å². The van der Waals surface area contributed by atoms with E-state index in [2.05, 4.69) is 36.7 Å². The SMILES string of the molecule is N#Cc1ccc(Cn2nccc2-c2cc3c(nnn3-c3ccc4cn[nH]c4c3)[nH]c2=O)cc1. The highest BCUT2D eigenvalue weighted by molar-refractivity contribution is 5.82. The summed E-state index contributed by atoms with van der Waals surface area (Å²) in [5, 5.41) is 29.8. The number of aromatic nitrogens is 8. The topological polar surface area (TPSA) is 134 Å². The van der Waals surface area contributed by atoms with Crippen LogP contribution in [0.5, 0.6) is 0 Å². The van der Waals surface area contributed by atoms with Crippen molar-refractivity contribution in [2.75, 3.05) is 0 Å². The van der Waals surface area contributed by atoms with Gasteiger partial charge < -0.3 is 4.98 Å². The molecule has 2 N–H and O–H groups in total. The summed E-state index contributed by atoms with van der Waals surface area (Å²) in [7, 11) is 0. The highest BCUT2D eigenvalue weighted by Crippen LogP contribution is 2.23. The van der Waals surface area contributed by atoms with Gasteiger partial charge in [-0.3, -0.25) is 14.6 Å². The molecule has 0 amide bonds. The second kappa shape index (κ2) is 7.28. The van der Waals surface area contributed by atoms with Crippen LogP contribution in [0.2, 0.25) is 0 Å². The lowest BCUT2D eigenvalue weighted by molar-refractivity contribution is 0.694. The Morgan fingerprint density at radius 3 is 2.79 bits per heavy atom. The molecular formula is C23H15N9O. The average molecular weight is 433 g/mol. The van der Waals surface area contributed by atoms with Gasteiger partial charge in [-0.15, -0.1) is 5.10 Å². The molecule has 0 unspecified atom stereocenters. The average Bonchev–Trinajstić information content (AvgIpc) is 3.58. The van der Waals surface area contributed by atoms with Crippen LogP contribution in [0.25, 0.3) is 39.0 Å². The van der Waals surface area contributed by atoms with Gasteiger partial charge in [-0.2, -0.15) is 15.5 Å². The van der Waals surface area contributed by atoms with E-state index in [0.29, 0.717) is 34.5 Å². The number of rotatable bonds is 4. The van der Waals surface area contributed by atoms with Gasteiger partial charge in [0.25, 0.3) is 5.56 Å². The van der Waals surface area contributed by atoms with Crippen LogP contribution in [0.1, 0.15) is 11.1 Å². The molecule has 2 aromatic carbocycles. The van der Waals surface area contributed by atoms with E-state index in [-0.39, 0.29) is 5.56 Å². The Labute approximate surface area is 185 Å². The van der Waals surface area contributed by atoms with E-state index in [1.54, 1.807) is 46.0 Å². The number of nitrogens with one attached hydrogen (secondary N) is 2. The fraction of sp³-hybridized carbons (Fsp3) is 0.0435. The van der Waals surface area contributed by atoms with Crippen LogP contribution in [0.4, 0.5) is 0 Å². The van der Waals surface area contributed by atoms with Crippen LogP contribution < -0.4 is 5.56 Å². The number of hydrogen-bond donors (Lipinski definition) is 2. The number of nitriles is 1. The Kier molecular flexibility index (Phi) is 4.13. The van der Waals surface area contributed by atoms with E-state index in [4.69, 9.17) is 5.26 Å². The molecule has 0 saturated heterocycles. The number of pyridine rings is 1. The zero-order chi connectivity index (χ0) is 22.4.